The van der Waals surface area contributed by atoms with E-state index in [0.29, 0.717) is 6.61 Å². The lowest BCUT2D eigenvalue weighted by atomic mass is 10.2. The summed E-state index contributed by atoms with van der Waals surface area (Å²) in [6, 6.07) is 10.1. The Morgan fingerprint density at radius 2 is 2.06 bits per heavy atom. The molecule has 1 aromatic rings. The van der Waals surface area contributed by atoms with Gasteiger partial charge in [-0.15, -0.1) is 0 Å². The molecule has 0 unspecified atom stereocenters. The minimum absolute atomic E-state index is 0.170. The first-order valence-electron chi connectivity index (χ1n) is 5.95. The number of hydrogen-bond acceptors (Lipinski definition) is 3. The number of nitrogens with one attached hydrogen (secondary N) is 1. The normalized spacial score (nSPS) is 24.6. The summed E-state index contributed by atoms with van der Waals surface area (Å²) in [6.07, 6.45) is 2.96. The van der Waals surface area contributed by atoms with Crippen molar-refractivity contribution in [1.29, 1.82) is 0 Å². The van der Waals surface area contributed by atoms with Crippen molar-refractivity contribution in [2.24, 2.45) is 0 Å². The third-order valence-corrected chi connectivity index (χ3v) is 3.00. The van der Waals surface area contributed by atoms with E-state index < -0.39 is 0 Å². The number of ether oxygens (including phenoxy) is 1. The number of aliphatic hydroxyl groups is 1. The third-order valence-electron chi connectivity index (χ3n) is 3.00. The second-order valence-electron chi connectivity index (χ2n) is 4.22. The van der Waals surface area contributed by atoms with Crippen LogP contribution in [-0.2, 0) is 0 Å². The zero-order chi connectivity index (χ0) is 11.2. The lowest BCUT2D eigenvalue weighted by molar-refractivity contribution is 0.146. The molecule has 0 heterocycles. The molecule has 0 spiro atoms. The van der Waals surface area contributed by atoms with Gasteiger partial charge in [-0.3, -0.25) is 0 Å². The molecule has 0 radical (unpaired) electrons. The molecule has 1 fully saturated rings. The van der Waals surface area contributed by atoms with Gasteiger partial charge < -0.3 is 15.2 Å². The van der Waals surface area contributed by atoms with E-state index in [1.54, 1.807) is 0 Å². The molecule has 0 aromatic heterocycles. The van der Waals surface area contributed by atoms with E-state index in [4.69, 9.17) is 4.74 Å². The minimum atomic E-state index is -0.170. The van der Waals surface area contributed by atoms with Crippen LogP contribution >= 0.6 is 0 Å². The standard InChI is InChI=1S/C13H19NO2/c15-13-8-4-7-12(13)14-9-10-16-11-5-2-1-3-6-11/h1-3,5-6,12-15H,4,7-10H2/t12-,13-/m0/s1. The lowest BCUT2D eigenvalue weighted by Crippen LogP contribution is -2.37. The summed E-state index contributed by atoms with van der Waals surface area (Å²) in [5, 5.41) is 12.9. The van der Waals surface area contributed by atoms with Gasteiger partial charge in [0.1, 0.15) is 12.4 Å². The average molecular weight is 221 g/mol. The Balaban J connectivity index is 1.62. The van der Waals surface area contributed by atoms with Gasteiger partial charge in [0.25, 0.3) is 0 Å². The van der Waals surface area contributed by atoms with Crippen molar-refractivity contribution in [1.82, 2.24) is 5.32 Å². The van der Waals surface area contributed by atoms with Crippen LogP contribution in [0.5, 0.6) is 5.75 Å². The molecule has 1 aliphatic carbocycles. The van der Waals surface area contributed by atoms with E-state index in [-0.39, 0.29) is 12.1 Å². The summed E-state index contributed by atoms with van der Waals surface area (Å²) < 4.78 is 5.56. The van der Waals surface area contributed by atoms with Crippen LogP contribution in [0.3, 0.4) is 0 Å². The number of aliphatic hydroxyl groups excluding tert-OH is 1. The van der Waals surface area contributed by atoms with Gasteiger partial charge in [-0.05, 0) is 31.4 Å². The highest BCUT2D eigenvalue weighted by Gasteiger charge is 2.23. The van der Waals surface area contributed by atoms with Crippen LogP contribution in [0, 0.1) is 0 Å². The molecule has 3 nitrogen and oxygen atoms in total. The van der Waals surface area contributed by atoms with Crippen molar-refractivity contribution >= 4 is 0 Å². The summed E-state index contributed by atoms with van der Waals surface area (Å²) in [6.45, 7) is 1.43. The Hall–Kier alpha value is -1.06. The van der Waals surface area contributed by atoms with Crippen molar-refractivity contribution in [2.75, 3.05) is 13.2 Å². The minimum Gasteiger partial charge on any atom is -0.492 e. The second-order valence-corrected chi connectivity index (χ2v) is 4.22. The van der Waals surface area contributed by atoms with Crippen LogP contribution in [0.25, 0.3) is 0 Å². The van der Waals surface area contributed by atoms with Crippen LogP contribution in [0.4, 0.5) is 0 Å². The maximum atomic E-state index is 9.60. The summed E-state index contributed by atoms with van der Waals surface area (Å²) in [5.74, 6) is 0.899. The Morgan fingerprint density at radius 3 is 2.75 bits per heavy atom. The largest absolute Gasteiger partial charge is 0.492 e. The van der Waals surface area contributed by atoms with E-state index in [1.807, 2.05) is 30.3 Å². The van der Waals surface area contributed by atoms with E-state index in [1.165, 1.54) is 0 Å². The lowest BCUT2D eigenvalue weighted by Gasteiger charge is -2.16. The fraction of sp³-hybridized carbons (Fsp3) is 0.538. The predicted molar refractivity (Wildman–Crippen MR) is 63.6 cm³/mol. The Labute approximate surface area is 96.4 Å². The maximum absolute atomic E-state index is 9.60. The molecule has 0 bridgehead atoms. The molecule has 1 aliphatic rings. The second kappa shape index (κ2) is 5.87. The zero-order valence-electron chi connectivity index (χ0n) is 9.43. The Morgan fingerprint density at radius 1 is 1.25 bits per heavy atom. The van der Waals surface area contributed by atoms with Crippen LogP contribution < -0.4 is 10.1 Å². The molecular formula is C13H19NO2. The molecule has 0 amide bonds. The highest BCUT2D eigenvalue weighted by atomic mass is 16.5. The molecule has 88 valence electrons. The first-order chi connectivity index (χ1) is 7.86. The van der Waals surface area contributed by atoms with Crippen LogP contribution in [0.2, 0.25) is 0 Å². The van der Waals surface area contributed by atoms with Crippen molar-refractivity contribution in [2.45, 2.75) is 31.4 Å². The van der Waals surface area contributed by atoms with E-state index >= 15 is 0 Å². The van der Waals surface area contributed by atoms with E-state index in [0.717, 1.165) is 31.6 Å². The number of para-hydroxylation sites is 1. The number of hydrogen-bond donors (Lipinski definition) is 2. The topological polar surface area (TPSA) is 41.5 Å². The Bertz CT molecular complexity index is 302. The first kappa shape index (κ1) is 11.4. The Kier molecular flexibility index (Phi) is 4.19. The van der Waals surface area contributed by atoms with Gasteiger partial charge in [0.2, 0.25) is 0 Å². The van der Waals surface area contributed by atoms with Crippen molar-refractivity contribution in [3.05, 3.63) is 30.3 Å². The molecule has 2 atom stereocenters. The van der Waals surface area contributed by atoms with Gasteiger partial charge in [0.15, 0.2) is 0 Å². The van der Waals surface area contributed by atoms with Crippen LogP contribution in [0.15, 0.2) is 30.3 Å². The molecule has 1 saturated carbocycles. The molecular weight excluding hydrogens is 202 g/mol. The van der Waals surface area contributed by atoms with Gasteiger partial charge in [0, 0.05) is 12.6 Å². The quantitative estimate of drug-likeness (QED) is 0.742. The monoisotopic (exact) mass is 221 g/mol. The van der Waals surface area contributed by atoms with Gasteiger partial charge in [-0.25, -0.2) is 0 Å². The third kappa shape index (κ3) is 3.22. The van der Waals surface area contributed by atoms with Gasteiger partial charge in [-0.1, -0.05) is 18.2 Å². The molecule has 16 heavy (non-hydrogen) atoms. The molecule has 2 N–H and O–H groups in total. The smallest absolute Gasteiger partial charge is 0.119 e. The molecule has 0 aliphatic heterocycles. The fourth-order valence-electron chi connectivity index (χ4n) is 2.11. The van der Waals surface area contributed by atoms with Crippen LogP contribution in [0.1, 0.15) is 19.3 Å². The first-order valence-corrected chi connectivity index (χ1v) is 5.95. The van der Waals surface area contributed by atoms with Crippen LogP contribution in [-0.4, -0.2) is 30.4 Å². The fourth-order valence-corrected chi connectivity index (χ4v) is 2.11. The maximum Gasteiger partial charge on any atom is 0.119 e. The summed E-state index contributed by atoms with van der Waals surface area (Å²) >= 11 is 0. The molecule has 3 heteroatoms. The van der Waals surface area contributed by atoms with Crippen molar-refractivity contribution in [3.63, 3.8) is 0 Å². The predicted octanol–water partition coefficient (Wildman–Crippen LogP) is 1.57. The average Bonchev–Trinajstić information content (AvgIpc) is 2.72. The van der Waals surface area contributed by atoms with Crippen molar-refractivity contribution in [3.8, 4) is 5.75 Å². The summed E-state index contributed by atoms with van der Waals surface area (Å²) in [5.41, 5.74) is 0. The SMILES string of the molecule is O[C@H]1CCC[C@@H]1NCCOc1ccccc1. The zero-order valence-corrected chi connectivity index (χ0v) is 9.43. The summed E-state index contributed by atoms with van der Waals surface area (Å²) in [4.78, 5) is 0. The van der Waals surface area contributed by atoms with Crippen molar-refractivity contribution < 1.29 is 9.84 Å². The molecule has 2 rings (SSSR count). The molecule has 1 aromatic carbocycles. The van der Waals surface area contributed by atoms with E-state index in [2.05, 4.69) is 5.32 Å². The summed E-state index contributed by atoms with van der Waals surface area (Å²) in [7, 11) is 0. The highest BCUT2D eigenvalue weighted by Crippen LogP contribution is 2.18. The van der Waals surface area contributed by atoms with E-state index in [9.17, 15) is 5.11 Å². The number of rotatable bonds is 5. The van der Waals surface area contributed by atoms with Gasteiger partial charge in [-0.2, -0.15) is 0 Å². The van der Waals surface area contributed by atoms with Gasteiger partial charge in [0.05, 0.1) is 6.10 Å². The van der Waals surface area contributed by atoms with Gasteiger partial charge >= 0.3 is 0 Å². The molecule has 0 saturated heterocycles. The highest BCUT2D eigenvalue weighted by molar-refractivity contribution is 5.20. The number of benzene rings is 1.